The van der Waals surface area contributed by atoms with Crippen molar-refractivity contribution in [2.45, 2.75) is 64.0 Å². The summed E-state index contributed by atoms with van der Waals surface area (Å²) in [4.78, 5) is 27.8. The average Bonchev–Trinajstić information content (AvgIpc) is 2.62. The normalized spacial score (nSPS) is 36.5. The van der Waals surface area contributed by atoms with Gasteiger partial charge in [-0.1, -0.05) is 6.92 Å². The van der Waals surface area contributed by atoms with Gasteiger partial charge < -0.3 is 15.3 Å². The topological polar surface area (TPSA) is 72.9 Å². The van der Waals surface area contributed by atoms with Crippen molar-refractivity contribution in [1.29, 1.82) is 0 Å². The smallest absolute Gasteiger partial charge is 0.317 e. The monoisotopic (exact) mass is 363 g/mol. The third-order valence-corrected chi connectivity index (χ3v) is 7.53. The van der Waals surface area contributed by atoms with Gasteiger partial charge in [0.05, 0.1) is 6.54 Å². The maximum Gasteiger partial charge on any atom is 0.317 e. The molecule has 6 nitrogen and oxygen atoms in total. The predicted molar refractivity (Wildman–Crippen MR) is 98.8 cm³/mol. The Bertz CT molecular complexity index is 516. The van der Waals surface area contributed by atoms with Crippen LogP contribution in [-0.4, -0.2) is 65.2 Å². The van der Waals surface area contributed by atoms with Gasteiger partial charge in [0.2, 0.25) is 0 Å². The number of likely N-dealkylation sites (tertiary alicyclic amines) is 1. The molecular weight excluding hydrogens is 330 g/mol. The number of aliphatic carboxylic acids is 1. The molecule has 26 heavy (non-hydrogen) atoms. The fourth-order valence-corrected chi connectivity index (χ4v) is 6.50. The molecule has 0 spiro atoms. The van der Waals surface area contributed by atoms with Gasteiger partial charge in [-0.05, 0) is 75.2 Å². The first-order valence-electron chi connectivity index (χ1n) is 10.5. The summed E-state index contributed by atoms with van der Waals surface area (Å²) in [6, 6.07) is 0.788. The van der Waals surface area contributed by atoms with Gasteiger partial charge in [0.1, 0.15) is 0 Å². The number of amides is 2. The highest BCUT2D eigenvalue weighted by Gasteiger charge is 2.48. The number of carbonyl (C=O) groups excluding carboxylic acids is 1. The van der Waals surface area contributed by atoms with Crippen molar-refractivity contribution in [2.75, 3.05) is 26.2 Å². The van der Waals surface area contributed by atoms with Gasteiger partial charge in [-0.15, -0.1) is 0 Å². The fourth-order valence-electron chi connectivity index (χ4n) is 6.50. The average molecular weight is 364 g/mol. The minimum Gasteiger partial charge on any atom is -0.480 e. The van der Waals surface area contributed by atoms with E-state index in [4.69, 9.17) is 5.11 Å². The van der Waals surface area contributed by atoms with Crippen LogP contribution in [-0.2, 0) is 4.79 Å². The summed E-state index contributed by atoms with van der Waals surface area (Å²) in [7, 11) is 0. The van der Waals surface area contributed by atoms with E-state index in [2.05, 4.69) is 5.32 Å². The summed E-state index contributed by atoms with van der Waals surface area (Å²) in [5.74, 6) is 2.50. The fraction of sp³-hybridized carbons (Fsp3) is 0.900. The third kappa shape index (κ3) is 3.57. The summed E-state index contributed by atoms with van der Waals surface area (Å²) < 4.78 is 0. The van der Waals surface area contributed by atoms with Crippen molar-refractivity contribution in [2.24, 2.45) is 23.7 Å². The molecular formula is C20H33N3O3. The zero-order valence-electron chi connectivity index (χ0n) is 15.9. The largest absolute Gasteiger partial charge is 0.480 e. The number of urea groups is 1. The Balaban J connectivity index is 1.28. The molecule has 0 atom stereocenters. The van der Waals surface area contributed by atoms with Crippen LogP contribution >= 0.6 is 0 Å². The van der Waals surface area contributed by atoms with Crippen LogP contribution in [0.5, 0.6) is 0 Å². The predicted octanol–water partition coefficient (Wildman–Crippen LogP) is 2.39. The van der Waals surface area contributed by atoms with Crippen molar-refractivity contribution in [3.05, 3.63) is 0 Å². The lowest BCUT2D eigenvalue weighted by molar-refractivity contribution is -0.139. The summed E-state index contributed by atoms with van der Waals surface area (Å²) in [5, 5.41) is 12.5. The van der Waals surface area contributed by atoms with Gasteiger partial charge in [0.15, 0.2) is 0 Å². The van der Waals surface area contributed by atoms with E-state index in [9.17, 15) is 9.59 Å². The summed E-state index contributed by atoms with van der Waals surface area (Å²) in [6.45, 7) is 4.33. The number of likely N-dealkylation sites (N-methyl/N-ethyl adjacent to an activating group) is 1. The third-order valence-electron chi connectivity index (χ3n) is 7.53. The number of nitrogens with one attached hydrogen (secondary N) is 1. The van der Waals surface area contributed by atoms with E-state index in [1.807, 2.05) is 16.7 Å². The molecule has 2 N–H and O–H groups in total. The summed E-state index contributed by atoms with van der Waals surface area (Å²) in [6.07, 6.45) is 8.46. The lowest BCUT2D eigenvalue weighted by atomic mass is 9.54. The quantitative estimate of drug-likeness (QED) is 0.787. The first-order valence-corrected chi connectivity index (χ1v) is 10.5. The standard InChI is InChI=1S/C20H33N3O3/c1-2-22(12-18(24)25)17-3-5-23(6-4-17)20(26)21-19-15-8-13-7-14(10-15)11-16(19)9-13/h13-17,19H,2-12H2,1H3,(H,21,26)(H,24,25). The van der Waals surface area contributed by atoms with Crippen LogP contribution in [0.2, 0.25) is 0 Å². The molecule has 1 saturated heterocycles. The highest BCUT2D eigenvalue weighted by molar-refractivity contribution is 5.74. The van der Waals surface area contributed by atoms with Gasteiger partial charge >= 0.3 is 12.0 Å². The Morgan fingerprint density at radius 3 is 2.12 bits per heavy atom. The molecule has 2 amide bonds. The lowest BCUT2D eigenvalue weighted by Crippen LogP contribution is -2.59. The molecule has 0 aromatic rings. The zero-order chi connectivity index (χ0) is 18.3. The van der Waals surface area contributed by atoms with E-state index in [-0.39, 0.29) is 18.6 Å². The Kier molecular flexibility index (Phi) is 5.13. The van der Waals surface area contributed by atoms with Gasteiger partial charge in [-0.25, -0.2) is 4.79 Å². The molecule has 1 aliphatic heterocycles. The maximum absolute atomic E-state index is 12.8. The molecule has 4 bridgehead atoms. The molecule has 0 aromatic carbocycles. The summed E-state index contributed by atoms with van der Waals surface area (Å²) >= 11 is 0. The van der Waals surface area contributed by atoms with Crippen LogP contribution in [0.1, 0.15) is 51.9 Å². The Labute approximate surface area is 156 Å². The molecule has 6 heteroatoms. The molecule has 5 aliphatic rings. The van der Waals surface area contributed by atoms with Crippen molar-refractivity contribution in [3.8, 4) is 0 Å². The van der Waals surface area contributed by atoms with E-state index in [1.165, 1.54) is 32.1 Å². The van der Waals surface area contributed by atoms with Gasteiger partial charge in [0.25, 0.3) is 0 Å². The maximum atomic E-state index is 12.8. The van der Waals surface area contributed by atoms with Crippen LogP contribution in [0.3, 0.4) is 0 Å². The molecule has 4 saturated carbocycles. The first kappa shape index (κ1) is 18.1. The van der Waals surface area contributed by atoms with Crippen molar-refractivity contribution < 1.29 is 14.7 Å². The second kappa shape index (κ2) is 7.37. The Morgan fingerprint density at radius 2 is 1.62 bits per heavy atom. The minimum absolute atomic E-state index is 0.0983. The first-order chi connectivity index (χ1) is 12.5. The van der Waals surface area contributed by atoms with E-state index in [0.29, 0.717) is 17.9 Å². The number of hydrogen-bond donors (Lipinski definition) is 2. The number of carbonyl (C=O) groups is 2. The van der Waals surface area contributed by atoms with Crippen molar-refractivity contribution in [1.82, 2.24) is 15.1 Å². The Morgan fingerprint density at radius 1 is 1.04 bits per heavy atom. The van der Waals surface area contributed by atoms with E-state index in [1.54, 1.807) is 0 Å². The molecule has 1 heterocycles. The molecule has 0 unspecified atom stereocenters. The molecule has 4 aliphatic carbocycles. The van der Waals surface area contributed by atoms with Crippen molar-refractivity contribution >= 4 is 12.0 Å². The molecule has 5 fully saturated rings. The zero-order valence-corrected chi connectivity index (χ0v) is 15.9. The second-order valence-corrected chi connectivity index (χ2v) is 9.08. The number of hydrogen-bond acceptors (Lipinski definition) is 3. The number of nitrogens with zero attached hydrogens (tertiary/aromatic N) is 2. The number of piperidine rings is 1. The molecule has 0 aromatic heterocycles. The molecule has 0 radical (unpaired) electrons. The van der Waals surface area contributed by atoms with Crippen LogP contribution in [0.15, 0.2) is 0 Å². The Hall–Kier alpha value is -1.30. The van der Waals surface area contributed by atoms with Gasteiger partial charge in [-0.2, -0.15) is 0 Å². The van der Waals surface area contributed by atoms with Crippen LogP contribution in [0, 0.1) is 23.7 Å². The van der Waals surface area contributed by atoms with Crippen LogP contribution < -0.4 is 5.32 Å². The minimum atomic E-state index is -0.770. The molecule has 5 rings (SSSR count). The van der Waals surface area contributed by atoms with Crippen molar-refractivity contribution in [3.63, 3.8) is 0 Å². The van der Waals surface area contributed by atoms with E-state index < -0.39 is 5.97 Å². The SMILES string of the molecule is CCN(CC(=O)O)C1CCN(C(=O)NC2C3CC4CC(C3)CC2C4)CC1. The summed E-state index contributed by atoms with van der Waals surface area (Å²) in [5.41, 5.74) is 0. The van der Waals surface area contributed by atoms with Gasteiger partial charge in [0, 0.05) is 25.2 Å². The van der Waals surface area contributed by atoms with E-state index >= 15 is 0 Å². The lowest BCUT2D eigenvalue weighted by Gasteiger charge is -2.54. The molecule has 146 valence electrons. The second-order valence-electron chi connectivity index (χ2n) is 9.08. The highest BCUT2D eigenvalue weighted by atomic mass is 16.4. The highest BCUT2D eigenvalue weighted by Crippen LogP contribution is 2.53. The number of carboxylic acids is 1. The number of rotatable bonds is 5. The van der Waals surface area contributed by atoms with Crippen LogP contribution in [0.25, 0.3) is 0 Å². The number of carboxylic acid groups (broad SMARTS) is 1. The van der Waals surface area contributed by atoms with Crippen LogP contribution in [0.4, 0.5) is 4.79 Å². The van der Waals surface area contributed by atoms with Gasteiger partial charge in [-0.3, -0.25) is 9.69 Å². The van der Waals surface area contributed by atoms with E-state index in [0.717, 1.165) is 44.3 Å².